The molecule has 2 aliphatic heterocycles. The molecule has 3 fully saturated rings. The van der Waals surface area contributed by atoms with Crippen molar-refractivity contribution in [2.45, 2.75) is 108 Å². The summed E-state index contributed by atoms with van der Waals surface area (Å²) < 4.78 is 23.8. The Balaban J connectivity index is 1.22. The molecular weight excluding hydrogens is 731 g/mol. The van der Waals surface area contributed by atoms with Gasteiger partial charge in [0.2, 0.25) is 23.6 Å². The number of amides is 4. The molecule has 4 amide bonds. The van der Waals surface area contributed by atoms with Crippen molar-refractivity contribution in [3.8, 4) is 0 Å². The molecule has 2 heterocycles. The summed E-state index contributed by atoms with van der Waals surface area (Å²) in [6.45, 7) is 6.79. The van der Waals surface area contributed by atoms with Crippen LogP contribution >= 0.6 is 0 Å². The van der Waals surface area contributed by atoms with E-state index in [1.807, 2.05) is 79.4 Å². The minimum Gasteiger partial charge on any atom is -0.343 e. The van der Waals surface area contributed by atoms with Gasteiger partial charge in [-0.3, -0.25) is 24.1 Å². The second-order valence-corrected chi connectivity index (χ2v) is 19.0. The van der Waals surface area contributed by atoms with Gasteiger partial charge in [0.25, 0.3) is 0 Å². The highest BCUT2D eigenvalue weighted by molar-refractivity contribution is 7.91. The molecule has 4 atom stereocenters. The second kappa shape index (κ2) is 20.0. The quantitative estimate of drug-likeness (QED) is 0.140. The number of rotatable bonds is 18. The number of benzene rings is 2. The molecule has 56 heavy (non-hydrogen) atoms. The number of hydrogen-bond donors (Lipinski definition) is 5. The highest BCUT2D eigenvalue weighted by Crippen LogP contribution is 2.51. The Labute approximate surface area is 333 Å². The fourth-order valence-corrected chi connectivity index (χ4v) is 9.65. The van der Waals surface area contributed by atoms with Crippen molar-refractivity contribution in [1.29, 1.82) is 0 Å². The molecule has 0 bridgehead atoms. The standard InChI is InChI=1S/C42H63N7O6S/c1-30(2)25-36(47-40(52)37(27-32-13-7-4-8-14-32)46-38(50)34(44)26-31-11-5-3-6-12-31)39(51)45-35(15-9-10-18-43)41(53)49-19-16-42(17-20-49)28-33(29-42)48-21-23-56(54,55)24-22-48/h3-8,11-14,30,33-37H,9-10,15-29,43-44H2,1-2H3,(H,45,51)(H,46,50)(H,47,52). The number of unbranched alkanes of at least 4 members (excludes halogenated alkanes) is 1. The van der Waals surface area contributed by atoms with Gasteiger partial charge in [-0.05, 0) is 86.8 Å². The molecule has 308 valence electrons. The maximum Gasteiger partial charge on any atom is 0.245 e. The topological polar surface area (TPSA) is 197 Å². The average Bonchev–Trinajstić information content (AvgIpc) is 3.16. The number of hydrogen-bond acceptors (Lipinski definition) is 9. The van der Waals surface area contributed by atoms with Crippen LogP contribution in [0.3, 0.4) is 0 Å². The van der Waals surface area contributed by atoms with E-state index in [4.69, 9.17) is 11.5 Å². The van der Waals surface area contributed by atoms with E-state index >= 15 is 0 Å². The third-order valence-electron chi connectivity index (χ3n) is 11.8. The largest absolute Gasteiger partial charge is 0.343 e. The number of carbonyl (C=O) groups excluding carboxylic acids is 4. The minimum atomic E-state index is -2.92. The Morgan fingerprint density at radius 3 is 1.86 bits per heavy atom. The fourth-order valence-electron chi connectivity index (χ4n) is 8.42. The number of likely N-dealkylation sites (tertiary alicyclic amines) is 1. The van der Waals surface area contributed by atoms with Crippen molar-refractivity contribution >= 4 is 33.5 Å². The summed E-state index contributed by atoms with van der Waals surface area (Å²) in [6.07, 6.45) is 6.42. The summed E-state index contributed by atoms with van der Waals surface area (Å²) in [5, 5.41) is 8.79. The highest BCUT2D eigenvalue weighted by atomic mass is 32.2. The van der Waals surface area contributed by atoms with Crippen LogP contribution in [-0.2, 0) is 41.9 Å². The van der Waals surface area contributed by atoms with Crippen molar-refractivity contribution in [2.75, 3.05) is 44.2 Å². The molecule has 1 spiro atoms. The third kappa shape index (κ3) is 12.3. The van der Waals surface area contributed by atoms with Gasteiger partial charge in [0, 0.05) is 38.6 Å². The van der Waals surface area contributed by atoms with Gasteiger partial charge in [-0.25, -0.2) is 8.42 Å². The Hall–Kier alpha value is -3.85. The molecule has 1 saturated carbocycles. The summed E-state index contributed by atoms with van der Waals surface area (Å²) in [7, 11) is -2.92. The number of nitrogens with two attached hydrogens (primary N) is 2. The van der Waals surface area contributed by atoms with Gasteiger partial charge < -0.3 is 32.3 Å². The first-order valence-electron chi connectivity index (χ1n) is 20.4. The number of sulfone groups is 1. The van der Waals surface area contributed by atoms with Gasteiger partial charge >= 0.3 is 0 Å². The minimum absolute atomic E-state index is 0.0397. The van der Waals surface area contributed by atoms with E-state index in [1.54, 1.807) is 0 Å². The maximum atomic E-state index is 14.1. The van der Waals surface area contributed by atoms with Gasteiger partial charge in [-0.15, -0.1) is 0 Å². The summed E-state index contributed by atoms with van der Waals surface area (Å²) >= 11 is 0. The monoisotopic (exact) mass is 793 g/mol. The molecule has 4 unspecified atom stereocenters. The molecule has 13 nitrogen and oxygen atoms in total. The molecule has 0 radical (unpaired) electrons. The normalized spacial score (nSPS) is 20.3. The van der Waals surface area contributed by atoms with E-state index in [0.717, 1.165) is 36.8 Å². The molecule has 7 N–H and O–H groups in total. The van der Waals surface area contributed by atoms with Crippen molar-refractivity contribution in [1.82, 2.24) is 25.8 Å². The summed E-state index contributed by atoms with van der Waals surface area (Å²) in [6, 6.07) is 15.6. The molecule has 3 aliphatic rings. The predicted molar refractivity (Wildman–Crippen MR) is 218 cm³/mol. The molecule has 2 aromatic carbocycles. The molecule has 2 saturated heterocycles. The summed E-state index contributed by atoms with van der Waals surface area (Å²) in [5.74, 6) is -1.05. The first-order valence-corrected chi connectivity index (χ1v) is 22.3. The van der Waals surface area contributed by atoms with Crippen LogP contribution in [0.5, 0.6) is 0 Å². The predicted octanol–water partition coefficient (Wildman–Crippen LogP) is 1.93. The molecule has 5 rings (SSSR count). The third-order valence-corrected chi connectivity index (χ3v) is 13.4. The van der Waals surface area contributed by atoms with Gasteiger partial charge in [0.15, 0.2) is 9.84 Å². The SMILES string of the molecule is CC(C)CC(NC(=O)C(Cc1ccccc1)NC(=O)C(N)Cc1ccccc1)C(=O)NC(CCCCN)C(=O)N1CCC2(CC1)CC(N1CCS(=O)(=O)CC1)C2. The van der Waals surface area contributed by atoms with Crippen molar-refractivity contribution in [3.05, 3.63) is 71.8 Å². The lowest BCUT2D eigenvalue weighted by Gasteiger charge is -2.56. The van der Waals surface area contributed by atoms with Crippen LogP contribution in [0.25, 0.3) is 0 Å². The lowest BCUT2D eigenvalue weighted by atomic mass is 9.60. The Kier molecular flexibility index (Phi) is 15.5. The van der Waals surface area contributed by atoms with Crippen LogP contribution in [0.2, 0.25) is 0 Å². The summed E-state index contributed by atoms with van der Waals surface area (Å²) in [4.78, 5) is 59.7. The van der Waals surface area contributed by atoms with Gasteiger partial charge in [0.1, 0.15) is 18.1 Å². The van der Waals surface area contributed by atoms with E-state index in [0.29, 0.717) is 70.9 Å². The molecular formula is C42H63N7O6S. The molecule has 14 heteroatoms. The fraction of sp³-hybridized carbons (Fsp3) is 0.619. The second-order valence-electron chi connectivity index (χ2n) is 16.7. The Bertz CT molecular complexity index is 1700. The first-order chi connectivity index (χ1) is 26.8. The highest BCUT2D eigenvalue weighted by Gasteiger charge is 2.49. The van der Waals surface area contributed by atoms with Crippen LogP contribution in [0.15, 0.2) is 60.7 Å². The number of nitrogens with one attached hydrogen (secondary N) is 3. The molecule has 1 aliphatic carbocycles. The lowest BCUT2D eigenvalue weighted by molar-refractivity contribution is -0.141. The van der Waals surface area contributed by atoms with E-state index in [9.17, 15) is 27.6 Å². The Morgan fingerprint density at radius 2 is 1.29 bits per heavy atom. The zero-order valence-corrected chi connectivity index (χ0v) is 34.0. The van der Waals surface area contributed by atoms with Crippen LogP contribution < -0.4 is 27.4 Å². The number of carbonyl (C=O) groups is 4. The van der Waals surface area contributed by atoms with Crippen LogP contribution in [0.1, 0.15) is 76.3 Å². The van der Waals surface area contributed by atoms with Crippen molar-refractivity contribution in [2.24, 2.45) is 22.8 Å². The van der Waals surface area contributed by atoms with E-state index < -0.39 is 51.7 Å². The molecule has 0 aromatic heterocycles. The van der Waals surface area contributed by atoms with Crippen molar-refractivity contribution in [3.63, 3.8) is 0 Å². The van der Waals surface area contributed by atoms with Crippen LogP contribution in [0, 0.1) is 11.3 Å². The van der Waals surface area contributed by atoms with E-state index in [1.165, 1.54) is 0 Å². The van der Waals surface area contributed by atoms with E-state index in [-0.39, 0.29) is 35.2 Å². The van der Waals surface area contributed by atoms with Crippen LogP contribution in [-0.4, -0.2) is 116 Å². The zero-order chi connectivity index (χ0) is 40.3. The van der Waals surface area contributed by atoms with E-state index in [2.05, 4.69) is 20.9 Å². The van der Waals surface area contributed by atoms with Gasteiger partial charge in [-0.2, -0.15) is 0 Å². The number of piperidine rings is 1. The maximum absolute atomic E-state index is 14.1. The van der Waals surface area contributed by atoms with Gasteiger partial charge in [0.05, 0.1) is 17.5 Å². The Morgan fingerprint density at radius 1 is 0.750 bits per heavy atom. The van der Waals surface area contributed by atoms with Crippen LogP contribution in [0.4, 0.5) is 0 Å². The summed E-state index contributed by atoms with van der Waals surface area (Å²) in [5.41, 5.74) is 14.0. The smallest absolute Gasteiger partial charge is 0.245 e. The zero-order valence-electron chi connectivity index (χ0n) is 33.2. The van der Waals surface area contributed by atoms with Crippen molar-refractivity contribution < 1.29 is 27.6 Å². The average molecular weight is 794 g/mol. The first kappa shape index (κ1) is 43.3. The lowest BCUT2D eigenvalue weighted by Crippen LogP contribution is -2.60. The number of nitrogens with zero attached hydrogens (tertiary/aromatic N) is 2. The molecule has 2 aromatic rings. The van der Waals surface area contributed by atoms with Gasteiger partial charge in [-0.1, -0.05) is 74.5 Å².